The maximum Gasteiger partial charge on any atom is 0.198 e. The molecule has 4 aliphatic rings. The molecule has 4 saturated carbocycles. The average Bonchev–Trinajstić information content (AvgIpc) is 2.85. The Labute approximate surface area is 129 Å². The van der Waals surface area contributed by atoms with E-state index in [1.807, 2.05) is 0 Å². The summed E-state index contributed by atoms with van der Waals surface area (Å²) in [6, 6.07) is 4.97. The van der Waals surface area contributed by atoms with Gasteiger partial charge in [0.05, 0.1) is 12.0 Å². The highest BCUT2D eigenvalue weighted by Gasteiger charge is 2.56. The maximum absolute atomic E-state index is 11.4. The van der Waals surface area contributed by atoms with Gasteiger partial charge in [0.25, 0.3) is 0 Å². The second kappa shape index (κ2) is 4.25. The molecule has 116 valence electrons. The number of nitrogens with zero attached hydrogens (tertiary/aromatic N) is 1. The number of aromatic hydroxyl groups is 1. The van der Waals surface area contributed by atoms with E-state index in [2.05, 4.69) is 4.98 Å². The number of benzene rings is 1. The quantitative estimate of drug-likeness (QED) is 0.893. The Morgan fingerprint density at radius 3 is 2.45 bits per heavy atom. The molecule has 4 nitrogen and oxygen atoms in total. The normalized spacial score (nSPS) is 39.7. The second-order valence-electron chi connectivity index (χ2n) is 7.73. The lowest BCUT2D eigenvalue weighted by atomic mass is 9.49. The zero-order chi connectivity index (χ0) is 14.9. The summed E-state index contributed by atoms with van der Waals surface area (Å²) in [4.78, 5) is 4.51. The third kappa shape index (κ3) is 1.76. The van der Waals surface area contributed by atoms with E-state index in [1.54, 1.807) is 18.2 Å². The fraction of sp³-hybridized carbons (Fsp3) is 0.611. The minimum absolute atomic E-state index is 0.184. The van der Waals surface area contributed by atoms with Crippen LogP contribution in [0.5, 0.6) is 5.75 Å². The third-order valence-electron chi connectivity index (χ3n) is 6.40. The highest BCUT2D eigenvalue weighted by atomic mass is 16.4. The molecule has 0 saturated heterocycles. The van der Waals surface area contributed by atoms with Gasteiger partial charge in [-0.1, -0.05) is 0 Å². The Hall–Kier alpha value is -1.55. The van der Waals surface area contributed by atoms with Crippen LogP contribution >= 0.6 is 0 Å². The van der Waals surface area contributed by atoms with Crippen molar-refractivity contribution in [3.63, 3.8) is 0 Å². The van der Waals surface area contributed by atoms with Crippen molar-refractivity contribution in [2.45, 2.75) is 44.1 Å². The van der Waals surface area contributed by atoms with Crippen molar-refractivity contribution in [2.75, 3.05) is 0 Å². The Morgan fingerprint density at radius 2 is 1.77 bits per heavy atom. The summed E-state index contributed by atoms with van der Waals surface area (Å²) >= 11 is 0. The number of oxazole rings is 1. The van der Waals surface area contributed by atoms with E-state index in [0.29, 0.717) is 29.7 Å². The van der Waals surface area contributed by atoms with E-state index in [-0.39, 0.29) is 5.75 Å². The average molecular weight is 299 g/mol. The maximum atomic E-state index is 11.4. The zero-order valence-electron chi connectivity index (χ0n) is 12.5. The van der Waals surface area contributed by atoms with Gasteiger partial charge in [-0.3, -0.25) is 0 Å². The van der Waals surface area contributed by atoms with Crippen LogP contribution in [-0.4, -0.2) is 20.8 Å². The molecule has 1 aromatic heterocycles. The molecule has 1 heterocycles. The lowest BCUT2D eigenvalue weighted by Crippen LogP contribution is -2.58. The molecule has 0 radical (unpaired) electrons. The van der Waals surface area contributed by atoms with Crippen molar-refractivity contribution in [1.82, 2.24) is 4.98 Å². The van der Waals surface area contributed by atoms with E-state index >= 15 is 0 Å². The Balaban J connectivity index is 1.48. The first-order valence-corrected chi connectivity index (χ1v) is 8.41. The summed E-state index contributed by atoms with van der Waals surface area (Å²) in [5.41, 5.74) is 0.707. The van der Waals surface area contributed by atoms with Gasteiger partial charge in [-0.2, -0.15) is 0 Å². The highest BCUT2D eigenvalue weighted by Crippen LogP contribution is 2.59. The Kier molecular flexibility index (Phi) is 2.50. The number of phenolic OH excluding ortho intramolecular Hbond substituents is 1. The number of fused-ring (bicyclic) bond motifs is 1. The Bertz CT molecular complexity index is 707. The van der Waals surface area contributed by atoms with Gasteiger partial charge < -0.3 is 14.6 Å². The summed E-state index contributed by atoms with van der Waals surface area (Å²) < 4.78 is 5.79. The molecule has 0 aliphatic heterocycles. The fourth-order valence-electron chi connectivity index (χ4n) is 5.57. The monoisotopic (exact) mass is 299 g/mol. The van der Waals surface area contributed by atoms with Crippen LogP contribution in [0, 0.1) is 23.7 Å². The minimum Gasteiger partial charge on any atom is -0.508 e. The molecule has 4 bridgehead atoms. The molecular weight excluding hydrogens is 278 g/mol. The fourth-order valence-corrected chi connectivity index (χ4v) is 5.57. The van der Waals surface area contributed by atoms with Crippen LogP contribution < -0.4 is 0 Å². The lowest BCUT2D eigenvalue weighted by molar-refractivity contribution is -0.173. The zero-order valence-corrected chi connectivity index (χ0v) is 12.5. The molecule has 0 amide bonds. The molecular formula is C18H21NO3. The van der Waals surface area contributed by atoms with Gasteiger partial charge in [0.2, 0.25) is 0 Å². The van der Waals surface area contributed by atoms with Crippen LogP contribution in [0.2, 0.25) is 0 Å². The first-order valence-electron chi connectivity index (χ1n) is 8.41. The second-order valence-corrected chi connectivity index (χ2v) is 7.73. The van der Waals surface area contributed by atoms with Crippen molar-refractivity contribution >= 4 is 11.1 Å². The highest BCUT2D eigenvalue weighted by molar-refractivity contribution is 5.74. The summed E-state index contributed by atoms with van der Waals surface area (Å²) in [7, 11) is 0. The third-order valence-corrected chi connectivity index (χ3v) is 6.40. The number of phenols is 1. The molecule has 4 fully saturated rings. The summed E-state index contributed by atoms with van der Waals surface area (Å²) in [6.07, 6.45) is 6.58. The first kappa shape index (κ1) is 12.9. The standard InChI is InChI=1S/C18H21NO3/c20-14-1-2-15-16(8-14)22-17(19-15)9-18(21)12-4-10-3-11(6-12)7-13(18)5-10/h1-2,8,10-13,20-21H,3-7,9H2. The smallest absolute Gasteiger partial charge is 0.198 e. The number of aromatic nitrogens is 1. The molecule has 2 N–H and O–H groups in total. The van der Waals surface area contributed by atoms with Gasteiger partial charge in [0.15, 0.2) is 11.5 Å². The molecule has 4 heteroatoms. The lowest BCUT2D eigenvalue weighted by Gasteiger charge is -2.58. The van der Waals surface area contributed by atoms with Gasteiger partial charge in [0, 0.05) is 6.07 Å². The summed E-state index contributed by atoms with van der Waals surface area (Å²) in [5.74, 6) is 3.28. The summed E-state index contributed by atoms with van der Waals surface area (Å²) in [6.45, 7) is 0. The topological polar surface area (TPSA) is 66.5 Å². The molecule has 0 unspecified atom stereocenters. The van der Waals surface area contributed by atoms with Crippen LogP contribution in [0.3, 0.4) is 0 Å². The molecule has 2 aromatic rings. The predicted molar refractivity (Wildman–Crippen MR) is 81.4 cm³/mol. The number of hydrogen-bond donors (Lipinski definition) is 2. The van der Waals surface area contributed by atoms with Crippen molar-refractivity contribution in [2.24, 2.45) is 23.7 Å². The molecule has 1 aromatic carbocycles. The Morgan fingerprint density at radius 1 is 1.09 bits per heavy atom. The van der Waals surface area contributed by atoms with Gasteiger partial charge in [-0.25, -0.2) is 4.98 Å². The van der Waals surface area contributed by atoms with E-state index in [1.165, 1.54) is 32.1 Å². The van der Waals surface area contributed by atoms with Gasteiger partial charge >= 0.3 is 0 Å². The number of hydrogen-bond acceptors (Lipinski definition) is 4. The minimum atomic E-state index is -0.643. The van der Waals surface area contributed by atoms with Crippen molar-refractivity contribution in [3.05, 3.63) is 24.1 Å². The summed E-state index contributed by atoms with van der Waals surface area (Å²) in [5, 5.41) is 20.9. The molecule has 22 heavy (non-hydrogen) atoms. The number of aliphatic hydroxyl groups is 1. The van der Waals surface area contributed by atoms with Crippen molar-refractivity contribution < 1.29 is 14.6 Å². The number of rotatable bonds is 2. The SMILES string of the molecule is Oc1ccc2nc(CC3(O)C4CC5CC(C4)CC3C5)oc2c1. The van der Waals surface area contributed by atoms with E-state index in [0.717, 1.165) is 17.4 Å². The molecule has 6 rings (SSSR count). The molecule has 0 atom stereocenters. The van der Waals surface area contributed by atoms with Crippen LogP contribution in [-0.2, 0) is 6.42 Å². The van der Waals surface area contributed by atoms with Crippen molar-refractivity contribution in [1.29, 1.82) is 0 Å². The van der Waals surface area contributed by atoms with Crippen LogP contribution in [0.15, 0.2) is 22.6 Å². The first-order chi connectivity index (χ1) is 10.6. The van der Waals surface area contributed by atoms with Crippen LogP contribution in [0.25, 0.3) is 11.1 Å². The predicted octanol–water partition coefficient (Wildman–Crippen LogP) is 3.26. The van der Waals surface area contributed by atoms with E-state index < -0.39 is 5.60 Å². The van der Waals surface area contributed by atoms with Gasteiger partial charge in [-0.05, 0) is 67.9 Å². The van der Waals surface area contributed by atoms with Crippen LogP contribution in [0.4, 0.5) is 0 Å². The van der Waals surface area contributed by atoms with Crippen molar-refractivity contribution in [3.8, 4) is 5.75 Å². The van der Waals surface area contributed by atoms with E-state index in [9.17, 15) is 10.2 Å². The van der Waals surface area contributed by atoms with E-state index in [4.69, 9.17) is 4.42 Å². The van der Waals surface area contributed by atoms with Gasteiger partial charge in [0.1, 0.15) is 11.3 Å². The molecule has 4 aliphatic carbocycles. The largest absolute Gasteiger partial charge is 0.508 e. The van der Waals surface area contributed by atoms with Gasteiger partial charge in [-0.15, -0.1) is 0 Å². The molecule has 0 spiro atoms. The van der Waals surface area contributed by atoms with Crippen LogP contribution in [0.1, 0.15) is 38.0 Å².